The van der Waals surface area contributed by atoms with Crippen molar-refractivity contribution >= 4 is 29.0 Å². The fourth-order valence-corrected chi connectivity index (χ4v) is 4.15. The van der Waals surface area contributed by atoms with Gasteiger partial charge in [-0.2, -0.15) is 9.97 Å². The van der Waals surface area contributed by atoms with Gasteiger partial charge in [0, 0.05) is 58.5 Å². The van der Waals surface area contributed by atoms with E-state index < -0.39 is 0 Å². The van der Waals surface area contributed by atoms with E-state index in [-0.39, 0.29) is 5.82 Å². The van der Waals surface area contributed by atoms with Crippen molar-refractivity contribution in [3.8, 4) is 5.75 Å². The molecule has 5 rings (SSSR count). The Labute approximate surface area is 217 Å². The molecule has 0 atom stereocenters. The fraction of sp³-hybridized carbons (Fsp3) is 0.241. The number of anilines is 5. The minimum atomic E-state index is -0.197. The van der Waals surface area contributed by atoms with E-state index in [2.05, 4.69) is 27.2 Å². The minimum Gasteiger partial charge on any atom is -0.481 e. The van der Waals surface area contributed by atoms with Crippen molar-refractivity contribution in [2.45, 2.75) is 6.61 Å². The third-order valence-electron chi connectivity index (χ3n) is 6.13. The molecule has 1 N–H and O–H groups in total. The molecule has 1 fully saturated rings. The van der Waals surface area contributed by atoms with Gasteiger partial charge in [0.15, 0.2) is 5.75 Å². The van der Waals surface area contributed by atoms with Crippen LogP contribution in [0.1, 0.15) is 5.56 Å². The number of rotatable bonds is 8. The smallest absolute Gasteiger partial charge is 0.229 e. The van der Waals surface area contributed by atoms with Crippen LogP contribution in [-0.2, 0) is 6.61 Å². The number of ether oxygens (including phenoxy) is 1. The summed E-state index contributed by atoms with van der Waals surface area (Å²) in [6.07, 6.45) is 0. The maximum absolute atomic E-state index is 14.3. The molecule has 0 amide bonds. The second kappa shape index (κ2) is 11.0. The summed E-state index contributed by atoms with van der Waals surface area (Å²) >= 11 is 0. The van der Waals surface area contributed by atoms with E-state index in [4.69, 9.17) is 14.7 Å². The Morgan fingerprint density at radius 2 is 1.68 bits per heavy atom. The molecule has 1 aromatic heterocycles. The molecule has 0 saturated carbocycles. The molecule has 0 unspecified atom stereocenters. The highest BCUT2D eigenvalue weighted by Crippen LogP contribution is 2.26. The maximum Gasteiger partial charge on any atom is 0.229 e. The largest absolute Gasteiger partial charge is 0.481 e. The number of halogens is 1. The zero-order valence-corrected chi connectivity index (χ0v) is 21.0. The zero-order valence-electron chi connectivity index (χ0n) is 21.0. The summed E-state index contributed by atoms with van der Waals surface area (Å²) in [4.78, 5) is 15.7. The van der Waals surface area contributed by atoms with Gasteiger partial charge >= 0.3 is 0 Å². The van der Waals surface area contributed by atoms with E-state index >= 15 is 0 Å². The van der Waals surface area contributed by atoms with Gasteiger partial charge in [-0.3, -0.25) is 0 Å². The van der Waals surface area contributed by atoms with Crippen LogP contribution >= 0.6 is 0 Å². The van der Waals surface area contributed by atoms with Gasteiger partial charge in [0.05, 0.1) is 11.4 Å². The van der Waals surface area contributed by atoms with E-state index in [1.165, 1.54) is 6.07 Å². The van der Waals surface area contributed by atoms with Crippen LogP contribution in [0.3, 0.4) is 0 Å². The van der Waals surface area contributed by atoms with Crippen molar-refractivity contribution in [3.63, 3.8) is 0 Å². The Kier molecular flexibility index (Phi) is 7.22. The average molecular weight is 497 g/mol. The number of hydrogen-bond donors (Lipinski definition) is 1. The number of para-hydroxylation sites is 1. The number of aromatic nitrogens is 2. The van der Waals surface area contributed by atoms with Gasteiger partial charge < -0.3 is 24.8 Å². The molecule has 7 nitrogen and oxygen atoms in total. The van der Waals surface area contributed by atoms with Crippen LogP contribution in [0.25, 0.3) is 0 Å². The van der Waals surface area contributed by atoms with E-state index in [0.717, 1.165) is 17.1 Å². The van der Waals surface area contributed by atoms with Crippen LogP contribution in [0.4, 0.5) is 33.3 Å². The number of benzene rings is 2. The monoisotopic (exact) mass is 496 g/mol. The third-order valence-corrected chi connectivity index (χ3v) is 6.13. The molecular formula is C29H29FN6O. The topological polar surface area (TPSA) is 56.8 Å². The van der Waals surface area contributed by atoms with Crippen LogP contribution in [0.2, 0.25) is 0 Å². The first kappa shape index (κ1) is 24.2. The molecule has 1 aliphatic heterocycles. The quantitative estimate of drug-likeness (QED) is 0.371. The molecule has 0 aliphatic carbocycles. The van der Waals surface area contributed by atoms with Crippen molar-refractivity contribution in [2.24, 2.45) is 0 Å². The normalized spacial score (nSPS) is 13.2. The zero-order chi connectivity index (χ0) is 25.6. The molecule has 3 aromatic carbocycles. The summed E-state index contributed by atoms with van der Waals surface area (Å²) in [6.45, 7) is 3.21. The molecular weight excluding hydrogens is 467 g/mol. The summed E-state index contributed by atoms with van der Waals surface area (Å²) in [5, 5.41) is 3.36. The number of nitrogens with one attached hydrogen (secondary N) is 1. The van der Waals surface area contributed by atoms with Gasteiger partial charge in [0.1, 0.15) is 24.1 Å². The highest BCUT2D eigenvalue weighted by molar-refractivity contribution is 5.62. The molecule has 4 aromatic rings. The highest BCUT2D eigenvalue weighted by atomic mass is 19.1. The summed E-state index contributed by atoms with van der Waals surface area (Å²) in [7, 11) is 3.90. The molecule has 0 spiro atoms. The fourth-order valence-electron chi connectivity index (χ4n) is 4.15. The highest BCUT2D eigenvalue weighted by Gasteiger charge is 2.22. The molecule has 0 bridgehead atoms. The second-order valence-electron chi connectivity index (χ2n) is 9.01. The SMILES string of the molecule is CN(C)c1cc(Nc2cc#cc(OCc3ccccc3)c2)nc(N2CCN(c3ccccc3F)CC2)n1. The van der Waals surface area contributed by atoms with Crippen LogP contribution in [0.15, 0.2) is 72.8 Å². The van der Waals surface area contributed by atoms with Gasteiger partial charge in [-0.1, -0.05) is 48.5 Å². The first-order valence-electron chi connectivity index (χ1n) is 12.2. The van der Waals surface area contributed by atoms with E-state index in [9.17, 15) is 4.39 Å². The molecule has 37 heavy (non-hydrogen) atoms. The van der Waals surface area contributed by atoms with E-state index in [1.807, 2.05) is 73.6 Å². The van der Waals surface area contributed by atoms with Crippen molar-refractivity contribution < 1.29 is 9.13 Å². The lowest BCUT2D eigenvalue weighted by atomic mass is 10.2. The Balaban J connectivity index is 1.29. The van der Waals surface area contributed by atoms with Crippen LogP contribution in [0, 0.1) is 17.9 Å². The first-order valence-corrected chi connectivity index (χ1v) is 12.2. The maximum atomic E-state index is 14.3. The van der Waals surface area contributed by atoms with Gasteiger partial charge in [-0.25, -0.2) is 4.39 Å². The summed E-state index contributed by atoms with van der Waals surface area (Å²) in [6, 6.07) is 28.5. The predicted molar refractivity (Wildman–Crippen MR) is 145 cm³/mol. The Morgan fingerprint density at radius 1 is 0.946 bits per heavy atom. The van der Waals surface area contributed by atoms with Crippen molar-refractivity contribution in [3.05, 3.63) is 96.3 Å². The number of nitrogens with zero attached hydrogens (tertiary/aromatic N) is 5. The summed E-state index contributed by atoms with van der Waals surface area (Å²) < 4.78 is 20.2. The van der Waals surface area contributed by atoms with Crippen molar-refractivity contribution in [1.29, 1.82) is 0 Å². The Hall–Kier alpha value is -4.51. The Morgan fingerprint density at radius 3 is 2.43 bits per heavy atom. The molecule has 2 heterocycles. The van der Waals surface area contributed by atoms with E-state index in [0.29, 0.717) is 56.0 Å². The second-order valence-corrected chi connectivity index (χ2v) is 9.01. The van der Waals surface area contributed by atoms with Gasteiger partial charge in [0.25, 0.3) is 0 Å². The summed E-state index contributed by atoms with van der Waals surface area (Å²) in [5.41, 5.74) is 2.51. The lowest BCUT2D eigenvalue weighted by molar-refractivity contribution is 0.306. The molecule has 188 valence electrons. The van der Waals surface area contributed by atoms with Gasteiger partial charge in [-0.05, 0) is 23.8 Å². The lowest BCUT2D eigenvalue weighted by Crippen LogP contribution is -2.47. The third kappa shape index (κ3) is 6.01. The van der Waals surface area contributed by atoms with Crippen molar-refractivity contribution in [2.75, 3.05) is 60.3 Å². The molecule has 1 aliphatic rings. The van der Waals surface area contributed by atoms with Gasteiger partial charge in [-0.15, -0.1) is 0 Å². The van der Waals surface area contributed by atoms with Crippen LogP contribution in [0.5, 0.6) is 5.75 Å². The average Bonchev–Trinajstić information content (AvgIpc) is 2.93. The Bertz CT molecular complexity index is 1330. The standard InChI is InChI=1S/C29H29FN6O/c1-34(2)28-20-27(31-23-11-8-12-24(19-23)37-21-22-9-4-3-5-10-22)32-29(33-28)36-17-15-35(16-18-36)26-14-7-6-13-25(26)30/h3-7,9-11,13-14,19-20H,15-18,21H2,1-2H3,(H,31,32,33). The van der Waals surface area contributed by atoms with E-state index in [1.54, 1.807) is 12.1 Å². The number of hydrogen-bond acceptors (Lipinski definition) is 7. The molecule has 1 saturated heterocycles. The molecule has 0 radical (unpaired) electrons. The minimum absolute atomic E-state index is 0.197. The predicted octanol–water partition coefficient (Wildman–Crippen LogP) is 4.93. The first-order chi connectivity index (χ1) is 18.0. The number of piperazine rings is 1. The van der Waals surface area contributed by atoms with Crippen LogP contribution in [-0.4, -0.2) is 50.2 Å². The van der Waals surface area contributed by atoms with Crippen molar-refractivity contribution in [1.82, 2.24) is 9.97 Å². The lowest BCUT2D eigenvalue weighted by Gasteiger charge is -2.36. The summed E-state index contributed by atoms with van der Waals surface area (Å²) in [5.74, 6) is 2.49. The van der Waals surface area contributed by atoms with Gasteiger partial charge in [0.2, 0.25) is 5.95 Å². The van der Waals surface area contributed by atoms with Crippen LogP contribution < -0.4 is 24.8 Å². The molecule has 8 heteroatoms.